The van der Waals surface area contributed by atoms with Gasteiger partial charge >= 0.3 is 5.97 Å². The summed E-state index contributed by atoms with van der Waals surface area (Å²) in [7, 11) is 1.36. The van der Waals surface area contributed by atoms with Crippen LogP contribution in [-0.4, -0.2) is 70.7 Å². The smallest absolute Gasteiger partial charge is 0.306 e. The van der Waals surface area contributed by atoms with Crippen molar-refractivity contribution in [3.8, 4) is 0 Å². The highest BCUT2D eigenvalue weighted by Crippen LogP contribution is 2.38. The Bertz CT molecular complexity index is 1150. The van der Waals surface area contributed by atoms with Crippen LogP contribution < -0.4 is 4.89 Å². The van der Waals surface area contributed by atoms with E-state index < -0.39 is 13.9 Å². The summed E-state index contributed by atoms with van der Waals surface area (Å²) >= 11 is 0. The lowest BCUT2D eigenvalue weighted by atomic mass is 10.0. The van der Waals surface area contributed by atoms with Gasteiger partial charge in [0.2, 0.25) is 0 Å². The maximum Gasteiger partial charge on any atom is 0.306 e. The zero-order valence-corrected chi connectivity index (χ0v) is 42.9. The average molecular weight is 908 g/mol. The Balaban J connectivity index is 4.13. The lowest BCUT2D eigenvalue weighted by Crippen LogP contribution is -2.37. The highest BCUT2D eigenvalue weighted by atomic mass is 31.2. The van der Waals surface area contributed by atoms with Crippen LogP contribution in [0.15, 0.2) is 48.6 Å². The van der Waals surface area contributed by atoms with Crippen molar-refractivity contribution in [3.05, 3.63) is 48.6 Å². The molecule has 9 heteroatoms. The summed E-state index contributed by atoms with van der Waals surface area (Å²) < 4.78 is 34.8. The van der Waals surface area contributed by atoms with E-state index in [9.17, 15) is 14.3 Å². The van der Waals surface area contributed by atoms with Crippen molar-refractivity contribution in [2.45, 2.75) is 238 Å². The number of unbranched alkanes of at least 4 members (excludes halogenated alkanes) is 27. The van der Waals surface area contributed by atoms with Crippen molar-refractivity contribution in [1.82, 2.24) is 0 Å². The van der Waals surface area contributed by atoms with Crippen molar-refractivity contribution in [2.75, 3.05) is 54.1 Å². The van der Waals surface area contributed by atoms with Crippen LogP contribution in [0, 0.1) is 0 Å². The number of ether oxygens (including phenoxy) is 2. The molecule has 2 unspecified atom stereocenters. The van der Waals surface area contributed by atoms with Crippen molar-refractivity contribution < 1.29 is 37.3 Å². The number of esters is 1. The third-order valence-corrected chi connectivity index (χ3v) is 12.4. The quantitative estimate of drug-likeness (QED) is 0.0197. The Hall–Kier alpha value is -1.54. The first-order chi connectivity index (χ1) is 30.6. The highest BCUT2D eigenvalue weighted by Gasteiger charge is 2.20. The van der Waals surface area contributed by atoms with Gasteiger partial charge in [0, 0.05) is 13.0 Å². The number of rotatable bonds is 49. The molecule has 0 N–H and O–H groups in total. The van der Waals surface area contributed by atoms with Crippen LogP contribution in [0.4, 0.5) is 0 Å². The van der Waals surface area contributed by atoms with Gasteiger partial charge < -0.3 is 27.9 Å². The summed E-state index contributed by atoms with van der Waals surface area (Å²) in [4.78, 5) is 25.2. The number of allylic oxidation sites excluding steroid dienone is 8. The third kappa shape index (κ3) is 51.3. The van der Waals surface area contributed by atoms with E-state index in [1.165, 1.54) is 148 Å². The number of hydrogen-bond donors (Lipinski definition) is 0. The summed E-state index contributed by atoms with van der Waals surface area (Å²) in [5.74, 6) is -0.339. The fourth-order valence-corrected chi connectivity index (χ4v) is 8.09. The summed E-state index contributed by atoms with van der Waals surface area (Å²) in [6.45, 7) is 5.33. The molecule has 0 aliphatic carbocycles. The van der Waals surface area contributed by atoms with Gasteiger partial charge in [-0.25, -0.2) is 0 Å². The third-order valence-electron chi connectivity index (χ3n) is 11.4. The molecule has 2 atom stereocenters. The molecule has 0 rings (SSSR count). The van der Waals surface area contributed by atoms with Gasteiger partial charge in [0.1, 0.15) is 19.3 Å². The Morgan fingerprint density at radius 2 is 0.921 bits per heavy atom. The molecule has 0 heterocycles. The minimum atomic E-state index is -4.53. The molecule has 0 saturated heterocycles. The summed E-state index contributed by atoms with van der Waals surface area (Å²) in [6.07, 6.45) is 58.5. The number of carbonyl (C=O) groups is 1. The van der Waals surface area contributed by atoms with Crippen LogP contribution in [0.5, 0.6) is 0 Å². The molecule has 0 amide bonds. The number of phosphoric acid groups is 1. The number of hydrogen-bond acceptors (Lipinski definition) is 7. The molecule has 370 valence electrons. The van der Waals surface area contributed by atoms with E-state index in [2.05, 4.69) is 62.5 Å². The molecule has 0 bridgehead atoms. The normalized spacial score (nSPS) is 13.9. The first kappa shape index (κ1) is 61.5. The van der Waals surface area contributed by atoms with Crippen LogP contribution in [0.3, 0.4) is 0 Å². The minimum Gasteiger partial charge on any atom is -0.756 e. The molecule has 0 spiro atoms. The van der Waals surface area contributed by atoms with Gasteiger partial charge in [0.05, 0.1) is 34.4 Å². The van der Waals surface area contributed by atoms with Crippen LogP contribution in [0.1, 0.15) is 232 Å². The van der Waals surface area contributed by atoms with Crippen molar-refractivity contribution in [3.63, 3.8) is 0 Å². The Morgan fingerprint density at radius 1 is 0.508 bits per heavy atom. The van der Waals surface area contributed by atoms with Crippen LogP contribution in [-0.2, 0) is 27.9 Å². The van der Waals surface area contributed by atoms with E-state index in [1.54, 1.807) is 0 Å². The fourth-order valence-electron chi connectivity index (χ4n) is 7.36. The number of nitrogens with zero attached hydrogens (tertiary/aromatic N) is 1. The van der Waals surface area contributed by atoms with Gasteiger partial charge in [-0.2, -0.15) is 0 Å². The molecular formula is C54H102NO7P. The van der Waals surface area contributed by atoms with E-state index in [0.29, 0.717) is 24.1 Å². The fraction of sp³-hybridized carbons (Fsp3) is 0.833. The van der Waals surface area contributed by atoms with Crippen molar-refractivity contribution in [1.29, 1.82) is 0 Å². The second-order valence-corrected chi connectivity index (χ2v) is 20.3. The molecule has 0 aromatic rings. The topological polar surface area (TPSA) is 94.1 Å². The molecule has 0 fully saturated rings. The lowest BCUT2D eigenvalue weighted by molar-refractivity contribution is -0.870. The maximum atomic E-state index is 12.8. The Kier molecular flexibility index (Phi) is 45.8. The first-order valence-corrected chi connectivity index (χ1v) is 27.8. The lowest BCUT2D eigenvalue weighted by Gasteiger charge is -2.28. The average Bonchev–Trinajstić information content (AvgIpc) is 3.24. The van der Waals surface area contributed by atoms with Crippen LogP contribution in [0.25, 0.3) is 0 Å². The number of likely N-dealkylation sites (N-methyl/N-ethyl adjacent to an activating group) is 1. The molecule has 0 aliphatic rings. The SMILES string of the molecule is CC/C=C\C/C=C\C/C=C\C/C=C\CCCCCCCCCCC(=O)OC(COCCCCCCCCCCCCCCCCCCCCCC)COP(=O)([O-])OCC[N+](C)(C)C. The van der Waals surface area contributed by atoms with Gasteiger partial charge in [-0.1, -0.05) is 223 Å². The zero-order valence-electron chi connectivity index (χ0n) is 42.0. The highest BCUT2D eigenvalue weighted by molar-refractivity contribution is 7.45. The second kappa shape index (κ2) is 47.0. The van der Waals surface area contributed by atoms with E-state index in [1.807, 2.05) is 21.1 Å². The zero-order chi connectivity index (χ0) is 46.2. The molecule has 8 nitrogen and oxygen atoms in total. The molecule has 0 aliphatic heterocycles. The van der Waals surface area contributed by atoms with E-state index >= 15 is 0 Å². The van der Waals surface area contributed by atoms with Crippen LogP contribution in [0.2, 0.25) is 0 Å². The monoisotopic (exact) mass is 908 g/mol. The standard InChI is InChI=1S/C54H102NO7P/c1-6-8-10-12-14-16-18-20-22-24-26-28-29-31-33-35-37-39-41-43-45-47-54(56)62-53(52-61-63(57,58)60-50-48-55(3,4)5)51-59-49-46-44-42-40-38-36-34-32-30-27-25-23-21-19-17-15-13-11-9-7-2/h8,10,14,16,20,22,26,28,53H,6-7,9,11-13,15,17-19,21,23-25,27,29-52H2,1-5H3/b10-8-,16-14-,22-20-,28-26-. The van der Waals surface area contributed by atoms with E-state index in [-0.39, 0.29) is 25.8 Å². The number of quaternary nitrogens is 1. The summed E-state index contributed by atoms with van der Waals surface area (Å²) in [5.41, 5.74) is 0. The predicted octanol–water partition coefficient (Wildman–Crippen LogP) is 15.7. The Labute approximate surface area is 390 Å². The predicted molar refractivity (Wildman–Crippen MR) is 268 cm³/mol. The van der Waals surface area contributed by atoms with Crippen molar-refractivity contribution in [2.24, 2.45) is 0 Å². The maximum absolute atomic E-state index is 12.8. The Morgan fingerprint density at radius 3 is 1.38 bits per heavy atom. The summed E-state index contributed by atoms with van der Waals surface area (Å²) in [5, 5.41) is 0. The van der Waals surface area contributed by atoms with Gasteiger partial charge in [-0.3, -0.25) is 9.36 Å². The largest absolute Gasteiger partial charge is 0.756 e. The molecule has 0 radical (unpaired) electrons. The van der Waals surface area contributed by atoms with Gasteiger partial charge in [0.25, 0.3) is 7.82 Å². The van der Waals surface area contributed by atoms with Crippen molar-refractivity contribution >= 4 is 13.8 Å². The van der Waals surface area contributed by atoms with E-state index in [0.717, 1.165) is 64.2 Å². The molecule has 63 heavy (non-hydrogen) atoms. The molecule has 0 aromatic carbocycles. The van der Waals surface area contributed by atoms with Crippen LogP contribution >= 0.6 is 7.82 Å². The molecular weight excluding hydrogens is 806 g/mol. The molecule has 0 saturated carbocycles. The minimum absolute atomic E-state index is 0.0245. The summed E-state index contributed by atoms with van der Waals surface area (Å²) in [6, 6.07) is 0. The van der Waals surface area contributed by atoms with Gasteiger partial charge in [-0.15, -0.1) is 0 Å². The number of phosphoric ester groups is 1. The van der Waals surface area contributed by atoms with Gasteiger partial charge in [0.15, 0.2) is 0 Å². The van der Waals surface area contributed by atoms with E-state index in [4.69, 9.17) is 18.5 Å². The second-order valence-electron chi connectivity index (χ2n) is 18.9. The number of carbonyl (C=O) groups excluding carboxylic acids is 1. The molecule has 0 aromatic heterocycles. The van der Waals surface area contributed by atoms with Gasteiger partial charge in [-0.05, 0) is 51.4 Å². The first-order valence-electron chi connectivity index (χ1n) is 26.4.